The van der Waals surface area contributed by atoms with Crippen LogP contribution in [0.5, 0.6) is 0 Å². The van der Waals surface area contributed by atoms with E-state index in [-0.39, 0.29) is 23.2 Å². The molecule has 0 radical (unpaired) electrons. The quantitative estimate of drug-likeness (QED) is 0.416. The minimum Gasteiger partial charge on any atom is -0.393 e. The number of nitrogens with one attached hydrogen (secondary N) is 1. The zero-order chi connectivity index (χ0) is 12.6. The molecular weight excluding hydrogens is 226 g/mol. The molecule has 6 heteroatoms. The predicted octanol–water partition coefficient (Wildman–Crippen LogP) is 0.0705. The molecule has 92 valence electrons. The van der Waals surface area contributed by atoms with Crippen LogP contribution < -0.4 is 16.8 Å². The van der Waals surface area contributed by atoms with Crippen LogP contribution in [0, 0.1) is 5.92 Å². The van der Waals surface area contributed by atoms with Gasteiger partial charge in [-0.3, -0.25) is 9.59 Å². The Hall–Kier alpha value is -1.17. The van der Waals surface area contributed by atoms with Crippen LogP contribution in [0.15, 0.2) is 0 Å². The van der Waals surface area contributed by atoms with Crippen molar-refractivity contribution in [1.29, 1.82) is 0 Å². The smallest absolute Gasteiger partial charge is 0.229 e. The molecule has 0 bridgehead atoms. The van der Waals surface area contributed by atoms with E-state index in [1.165, 1.54) is 0 Å². The lowest BCUT2D eigenvalue weighted by Crippen LogP contribution is -2.38. The van der Waals surface area contributed by atoms with E-state index < -0.39 is 5.92 Å². The zero-order valence-corrected chi connectivity index (χ0v) is 10.3. The first kappa shape index (κ1) is 14.8. The van der Waals surface area contributed by atoms with E-state index >= 15 is 0 Å². The van der Waals surface area contributed by atoms with Crippen LogP contribution in [0.1, 0.15) is 32.6 Å². The number of primary amides is 1. The molecule has 16 heavy (non-hydrogen) atoms. The average molecular weight is 245 g/mol. The zero-order valence-electron chi connectivity index (χ0n) is 9.49. The molecule has 0 heterocycles. The van der Waals surface area contributed by atoms with Gasteiger partial charge in [-0.1, -0.05) is 25.6 Å². The highest BCUT2D eigenvalue weighted by Crippen LogP contribution is 2.06. The number of carbonyl (C=O) groups is 2. The first-order chi connectivity index (χ1) is 7.49. The maximum absolute atomic E-state index is 11.6. The molecule has 0 fully saturated rings. The van der Waals surface area contributed by atoms with Crippen molar-refractivity contribution in [1.82, 2.24) is 5.32 Å². The van der Waals surface area contributed by atoms with E-state index in [9.17, 15) is 9.59 Å². The largest absolute Gasteiger partial charge is 0.393 e. The maximum Gasteiger partial charge on any atom is 0.229 e. The van der Waals surface area contributed by atoms with Crippen molar-refractivity contribution in [2.24, 2.45) is 17.4 Å². The van der Waals surface area contributed by atoms with Crippen molar-refractivity contribution in [2.75, 3.05) is 6.54 Å². The van der Waals surface area contributed by atoms with Crippen LogP contribution >= 0.6 is 12.2 Å². The van der Waals surface area contributed by atoms with E-state index in [1.807, 2.05) is 6.92 Å². The molecule has 2 amide bonds. The highest BCUT2D eigenvalue weighted by molar-refractivity contribution is 7.80. The monoisotopic (exact) mass is 245 g/mol. The Kier molecular flexibility index (Phi) is 7.45. The lowest BCUT2D eigenvalue weighted by Gasteiger charge is -2.14. The molecule has 5 N–H and O–H groups in total. The van der Waals surface area contributed by atoms with E-state index in [0.29, 0.717) is 19.4 Å². The molecular formula is C10H19N3O2S. The predicted molar refractivity (Wildman–Crippen MR) is 66.6 cm³/mol. The van der Waals surface area contributed by atoms with Gasteiger partial charge in [0, 0.05) is 13.0 Å². The van der Waals surface area contributed by atoms with E-state index in [2.05, 4.69) is 5.32 Å². The number of carbonyl (C=O) groups excluding carboxylic acids is 2. The summed E-state index contributed by atoms with van der Waals surface area (Å²) in [4.78, 5) is 22.3. The third-order valence-corrected chi connectivity index (χ3v) is 2.42. The molecule has 0 aromatic heterocycles. The summed E-state index contributed by atoms with van der Waals surface area (Å²) in [6, 6.07) is 0. The number of amides is 2. The molecule has 0 aliphatic heterocycles. The number of hydrogen-bond donors (Lipinski definition) is 3. The van der Waals surface area contributed by atoms with Crippen molar-refractivity contribution < 1.29 is 9.59 Å². The summed E-state index contributed by atoms with van der Waals surface area (Å²) in [5.74, 6) is -0.943. The second kappa shape index (κ2) is 8.04. The van der Waals surface area contributed by atoms with Gasteiger partial charge in [0.05, 0.1) is 10.9 Å². The Balaban J connectivity index is 3.92. The summed E-state index contributed by atoms with van der Waals surface area (Å²) in [6.45, 7) is 2.39. The summed E-state index contributed by atoms with van der Waals surface area (Å²) >= 11 is 4.82. The second-order valence-corrected chi connectivity index (χ2v) is 4.08. The fourth-order valence-corrected chi connectivity index (χ4v) is 1.51. The van der Waals surface area contributed by atoms with Crippen molar-refractivity contribution in [3.05, 3.63) is 0 Å². The minimum atomic E-state index is -0.409. The maximum atomic E-state index is 11.6. The van der Waals surface area contributed by atoms with E-state index in [1.54, 1.807) is 0 Å². The van der Waals surface area contributed by atoms with Crippen LogP contribution in [0.2, 0.25) is 0 Å². The summed E-state index contributed by atoms with van der Waals surface area (Å²) in [7, 11) is 0. The molecule has 1 unspecified atom stereocenters. The van der Waals surface area contributed by atoms with Gasteiger partial charge < -0.3 is 16.8 Å². The third kappa shape index (κ3) is 6.34. The minimum absolute atomic E-state index is 0.168. The number of hydrogen-bond acceptors (Lipinski definition) is 3. The molecule has 0 aromatic carbocycles. The van der Waals surface area contributed by atoms with Crippen LogP contribution in [0.25, 0.3) is 0 Å². The van der Waals surface area contributed by atoms with E-state index in [0.717, 1.165) is 6.42 Å². The second-order valence-electron chi connectivity index (χ2n) is 3.60. The molecule has 0 rings (SSSR count). The van der Waals surface area contributed by atoms with Gasteiger partial charge in [-0.2, -0.15) is 0 Å². The summed E-state index contributed by atoms with van der Waals surface area (Å²) in [6.07, 6.45) is 2.30. The third-order valence-electron chi connectivity index (χ3n) is 2.14. The van der Waals surface area contributed by atoms with Crippen molar-refractivity contribution >= 4 is 29.0 Å². The SMILES string of the molecule is CCCC(C(=O)NCCCC(N)=O)C(N)=S. The van der Waals surface area contributed by atoms with Gasteiger partial charge in [0.1, 0.15) is 0 Å². The van der Waals surface area contributed by atoms with Crippen LogP contribution in [0.4, 0.5) is 0 Å². The van der Waals surface area contributed by atoms with Gasteiger partial charge in [0.25, 0.3) is 0 Å². The Bertz CT molecular complexity index is 269. The molecule has 0 aliphatic rings. The van der Waals surface area contributed by atoms with Crippen molar-refractivity contribution in [3.63, 3.8) is 0 Å². The molecule has 0 saturated carbocycles. The number of thiocarbonyl (C=S) groups is 1. The lowest BCUT2D eigenvalue weighted by atomic mass is 10.0. The molecule has 0 aliphatic carbocycles. The first-order valence-corrected chi connectivity index (χ1v) is 5.75. The van der Waals surface area contributed by atoms with Gasteiger partial charge in [0.2, 0.25) is 11.8 Å². The number of nitrogens with two attached hydrogens (primary N) is 2. The Morgan fingerprint density at radius 1 is 1.38 bits per heavy atom. The fourth-order valence-electron chi connectivity index (χ4n) is 1.29. The molecule has 0 spiro atoms. The molecule has 5 nitrogen and oxygen atoms in total. The van der Waals surface area contributed by atoms with Crippen LogP contribution in [-0.4, -0.2) is 23.3 Å². The molecule has 1 atom stereocenters. The standard InChI is InChI=1S/C10H19N3O2S/c1-2-4-7(9(12)16)10(15)13-6-3-5-8(11)14/h7H,2-6H2,1H3,(H2,11,14)(H2,12,16)(H,13,15). The molecule has 0 aromatic rings. The number of rotatable bonds is 8. The Morgan fingerprint density at radius 2 is 2.00 bits per heavy atom. The van der Waals surface area contributed by atoms with Gasteiger partial charge >= 0.3 is 0 Å². The van der Waals surface area contributed by atoms with Crippen molar-refractivity contribution in [3.8, 4) is 0 Å². The van der Waals surface area contributed by atoms with Crippen LogP contribution in [0.3, 0.4) is 0 Å². The van der Waals surface area contributed by atoms with Gasteiger partial charge in [-0.05, 0) is 12.8 Å². The van der Waals surface area contributed by atoms with Gasteiger partial charge in [0.15, 0.2) is 0 Å². The normalized spacial score (nSPS) is 11.8. The summed E-state index contributed by atoms with van der Waals surface area (Å²) in [5.41, 5.74) is 10.4. The summed E-state index contributed by atoms with van der Waals surface area (Å²) < 4.78 is 0. The fraction of sp³-hybridized carbons (Fsp3) is 0.700. The lowest BCUT2D eigenvalue weighted by molar-refractivity contribution is -0.123. The van der Waals surface area contributed by atoms with Crippen LogP contribution in [-0.2, 0) is 9.59 Å². The Labute approximate surface area is 101 Å². The van der Waals surface area contributed by atoms with Gasteiger partial charge in [-0.15, -0.1) is 0 Å². The highest BCUT2D eigenvalue weighted by atomic mass is 32.1. The average Bonchev–Trinajstić information content (AvgIpc) is 2.19. The summed E-state index contributed by atoms with van der Waals surface area (Å²) in [5, 5.41) is 2.69. The topological polar surface area (TPSA) is 98.2 Å². The molecule has 0 saturated heterocycles. The van der Waals surface area contributed by atoms with Crippen molar-refractivity contribution in [2.45, 2.75) is 32.6 Å². The Morgan fingerprint density at radius 3 is 2.44 bits per heavy atom. The van der Waals surface area contributed by atoms with Gasteiger partial charge in [-0.25, -0.2) is 0 Å². The first-order valence-electron chi connectivity index (χ1n) is 5.34. The van der Waals surface area contributed by atoms with E-state index in [4.69, 9.17) is 23.7 Å². The highest BCUT2D eigenvalue weighted by Gasteiger charge is 2.19.